The van der Waals surface area contributed by atoms with E-state index < -0.39 is 0 Å². The molecule has 0 spiro atoms. The van der Waals surface area contributed by atoms with Crippen LogP contribution in [0.4, 0.5) is 11.6 Å². The molecule has 4 aromatic rings. The van der Waals surface area contributed by atoms with Crippen LogP contribution >= 0.6 is 0 Å². The van der Waals surface area contributed by atoms with Crippen LogP contribution in [0.3, 0.4) is 0 Å². The second kappa shape index (κ2) is 7.76. The number of aromatic nitrogens is 4. The average molecular weight is 400 g/mol. The standard InChI is InChI=1S/C23H24N6O/c1-15-3-4-22-17(7-15)11-25-23(28-22)27-19-8-16(18-12-26-29(2)14-18)9-21(10-19)30-20-5-6-24-13-20/h3-4,7-12,14,20,24H,5-6,13H2,1-2H3,(H,25,27,28)/t20-/m1/s1. The van der Waals surface area contributed by atoms with Gasteiger partial charge in [-0.25, -0.2) is 9.97 Å². The van der Waals surface area contributed by atoms with Crippen LogP contribution in [-0.4, -0.2) is 38.9 Å². The molecule has 1 aliphatic heterocycles. The maximum absolute atomic E-state index is 6.24. The van der Waals surface area contributed by atoms with Crippen LogP contribution in [0, 0.1) is 6.92 Å². The number of benzene rings is 2. The number of nitrogens with zero attached hydrogens (tertiary/aromatic N) is 4. The van der Waals surface area contributed by atoms with Gasteiger partial charge < -0.3 is 15.4 Å². The maximum atomic E-state index is 6.24. The summed E-state index contributed by atoms with van der Waals surface area (Å²) < 4.78 is 8.03. The van der Waals surface area contributed by atoms with Gasteiger partial charge in [-0.15, -0.1) is 0 Å². The van der Waals surface area contributed by atoms with Crippen LogP contribution in [0.1, 0.15) is 12.0 Å². The first-order valence-electron chi connectivity index (χ1n) is 10.1. The van der Waals surface area contributed by atoms with E-state index in [0.29, 0.717) is 5.95 Å². The Morgan fingerprint density at radius 1 is 1.13 bits per heavy atom. The molecule has 1 aliphatic rings. The van der Waals surface area contributed by atoms with E-state index in [0.717, 1.165) is 53.0 Å². The molecule has 0 radical (unpaired) electrons. The molecular formula is C23H24N6O. The molecule has 3 heterocycles. The summed E-state index contributed by atoms with van der Waals surface area (Å²) in [6, 6.07) is 12.3. The first-order valence-corrected chi connectivity index (χ1v) is 10.1. The predicted octanol–water partition coefficient (Wildman–Crippen LogP) is 3.82. The van der Waals surface area contributed by atoms with Gasteiger partial charge in [0.05, 0.1) is 11.7 Å². The van der Waals surface area contributed by atoms with Gasteiger partial charge in [-0.3, -0.25) is 4.68 Å². The molecule has 0 aliphatic carbocycles. The van der Waals surface area contributed by atoms with Crippen molar-refractivity contribution in [1.82, 2.24) is 25.1 Å². The van der Waals surface area contributed by atoms with Crippen molar-refractivity contribution in [3.05, 3.63) is 60.6 Å². The van der Waals surface area contributed by atoms with Crippen molar-refractivity contribution < 1.29 is 4.74 Å². The number of hydrogen-bond acceptors (Lipinski definition) is 6. The third-order valence-electron chi connectivity index (χ3n) is 5.25. The molecule has 0 amide bonds. The van der Waals surface area contributed by atoms with Crippen LogP contribution in [0.15, 0.2) is 55.0 Å². The Labute approximate surface area is 175 Å². The lowest BCUT2D eigenvalue weighted by Gasteiger charge is -2.15. The maximum Gasteiger partial charge on any atom is 0.227 e. The van der Waals surface area contributed by atoms with E-state index in [4.69, 9.17) is 4.74 Å². The first-order chi connectivity index (χ1) is 14.6. The lowest BCUT2D eigenvalue weighted by molar-refractivity contribution is 0.223. The molecule has 1 fully saturated rings. The Morgan fingerprint density at radius 2 is 2.07 bits per heavy atom. The van der Waals surface area contributed by atoms with Crippen LogP contribution in [0.25, 0.3) is 22.0 Å². The highest BCUT2D eigenvalue weighted by molar-refractivity contribution is 5.80. The third-order valence-corrected chi connectivity index (χ3v) is 5.25. The zero-order valence-electron chi connectivity index (χ0n) is 17.1. The van der Waals surface area contributed by atoms with Crippen molar-refractivity contribution >= 4 is 22.5 Å². The molecule has 1 atom stereocenters. The highest BCUT2D eigenvalue weighted by Gasteiger charge is 2.17. The Balaban J connectivity index is 1.48. The number of hydrogen-bond donors (Lipinski definition) is 2. The molecule has 2 aromatic carbocycles. The summed E-state index contributed by atoms with van der Waals surface area (Å²) in [6.45, 7) is 3.92. The summed E-state index contributed by atoms with van der Waals surface area (Å²) in [5, 5.41) is 12.0. The van der Waals surface area contributed by atoms with Gasteiger partial charge in [0.15, 0.2) is 0 Å². The van der Waals surface area contributed by atoms with Crippen LogP contribution in [0.5, 0.6) is 5.75 Å². The van der Waals surface area contributed by atoms with Gasteiger partial charge in [0.1, 0.15) is 11.9 Å². The number of rotatable bonds is 5. The smallest absolute Gasteiger partial charge is 0.227 e. The highest BCUT2D eigenvalue weighted by Crippen LogP contribution is 2.31. The quantitative estimate of drug-likeness (QED) is 0.530. The molecule has 152 valence electrons. The SMILES string of the molecule is Cc1ccc2nc(Nc3cc(O[C@@H]4CCNC4)cc(-c4cnn(C)c4)c3)ncc2c1. The summed E-state index contributed by atoms with van der Waals surface area (Å²) in [4.78, 5) is 9.15. The van der Waals surface area contributed by atoms with E-state index >= 15 is 0 Å². The zero-order valence-corrected chi connectivity index (χ0v) is 17.1. The molecule has 5 rings (SSSR count). The van der Waals surface area contributed by atoms with Gasteiger partial charge in [0, 0.05) is 48.7 Å². The average Bonchev–Trinajstić information content (AvgIpc) is 3.40. The van der Waals surface area contributed by atoms with Gasteiger partial charge in [-0.2, -0.15) is 5.10 Å². The molecule has 2 N–H and O–H groups in total. The summed E-state index contributed by atoms with van der Waals surface area (Å²) in [5.41, 5.74) is 5.05. The number of fused-ring (bicyclic) bond motifs is 1. The van der Waals surface area contributed by atoms with Crippen molar-refractivity contribution in [3.63, 3.8) is 0 Å². The van der Waals surface area contributed by atoms with Gasteiger partial charge in [-0.1, -0.05) is 11.6 Å². The molecule has 7 nitrogen and oxygen atoms in total. The Bertz CT molecular complexity index is 1200. The lowest BCUT2D eigenvalue weighted by atomic mass is 10.1. The monoisotopic (exact) mass is 400 g/mol. The molecule has 30 heavy (non-hydrogen) atoms. The molecule has 2 aromatic heterocycles. The first kappa shape index (κ1) is 18.6. The van der Waals surface area contributed by atoms with E-state index in [1.807, 2.05) is 37.8 Å². The minimum Gasteiger partial charge on any atom is -0.489 e. The number of aryl methyl sites for hydroxylation is 2. The second-order valence-corrected chi connectivity index (χ2v) is 7.76. The number of anilines is 2. The van der Waals surface area contributed by atoms with Crippen molar-refractivity contribution in [2.45, 2.75) is 19.4 Å². The van der Waals surface area contributed by atoms with E-state index in [2.05, 4.69) is 56.9 Å². The van der Waals surface area contributed by atoms with Gasteiger partial charge >= 0.3 is 0 Å². The Morgan fingerprint density at radius 3 is 2.87 bits per heavy atom. The van der Waals surface area contributed by atoms with E-state index in [9.17, 15) is 0 Å². The number of ether oxygens (including phenoxy) is 1. The Kier molecular flexibility index (Phi) is 4.80. The van der Waals surface area contributed by atoms with E-state index in [-0.39, 0.29) is 6.10 Å². The summed E-state index contributed by atoms with van der Waals surface area (Å²) in [6.07, 6.45) is 6.89. The summed E-state index contributed by atoms with van der Waals surface area (Å²) in [5.74, 6) is 1.38. The van der Waals surface area contributed by atoms with Crippen molar-refractivity contribution in [1.29, 1.82) is 0 Å². The normalized spacial score (nSPS) is 16.1. The topological polar surface area (TPSA) is 76.9 Å². The largest absolute Gasteiger partial charge is 0.489 e. The number of nitrogens with one attached hydrogen (secondary N) is 2. The van der Waals surface area contributed by atoms with Gasteiger partial charge in [-0.05, 0) is 49.7 Å². The highest BCUT2D eigenvalue weighted by atomic mass is 16.5. The van der Waals surface area contributed by atoms with Crippen molar-refractivity contribution in [3.8, 4) is 16.9 Å². The minimum absolute atomic E-state index is 0.183. The molecule has 0 unspecified atom stereocenters. The van der Waals surface area contributed by atoms with Gasteiger partial charge in [0.25, 0.3) is 0 Å². The molecule has 0 bridgehead atoms. The summed E-state index contributed by atoms with van der Waals surface area (Å²) >= 11 is 0. The predicted molar refractivity (Wildman–Crippen MR) is 118 cm³/mol. The molecule has 7 heteroatoms. The molecular weight excluding hydrogens is 376 g/mol. The fourth-order valence-electron chi connectivity index (χ4n) is 3.74. The van der Waals surface area contributed by atoms with Gasteiger partial charge in [0.2, 0.25) is 5.95 Å². The molecule has 0 saturated carbocycles. The van der Waals surface area contributed by atoms with E-state index in [1.165, 1.54) is 5.56 Å². The summed E-state index contributed by atoms with van der Waals surface area (Å²) in [7, 11) is 1.91. The zero-order chi connectivity index (χ0) is 20.5. The Hall–Kier alpha value is -3.45. The molecule has 1 saturated heterocycles. The van der Waals surface area contributed by atoms with Crippen LogP contribution in [0.2, 0.25) is 0 Å². The van der Waals surface area contributed by atoms with Crippen LogP contribution < -0.4 is 15.4 Å². The fraction of sp³-hybridized carbons (Fsp3) is 0.261. The van der Waals surface area contributed by atoms with Crippen molar-refractivity contribution in [2.75, 3.05) is 18.4 Å². The minimum atomic E-state index is 0.183. The fourth-order valence-corrected chi connectivity index (χ4v) is 3.74. The van der Waals surface area contributed by atoms with Crippen molar-refractivity contribution in [2.24, 2.45) is 7.05 Å². The second-order valence-electron chi connectivity index (χ2n) is 7.76. The third kappa shape index (κ3) is 3.97. The van der Waals surface area contributed by atoms with Crippen LogP contribution in [-0.2, 0) is 7.05 Å². The lowest BCUT2D eigenvalue weighted by Crippen LogP contribution is -2.19. The van der Waals surface area contributed by atoms with E-state index in [1.54, 1.807) is 4.68 Å².